The van der Waals surface area contributed by atoms with Gasteiger partial charge in [0.1, 0.15) is 5.75 Å². The normalized spacial score (nSPS) is 12.5. The molecule has 1 aromatic carbocycles. The van der Waals surface area contributed by atoms with Crippen LogP contribution in [0.25, 0.3) is 6.08 Å². The van der Waals surface area contributed by atoms with Crippen molar-refractivity contribution in [3.8, 4) is 5.75 Å². The second-order valence-electron chi connectivity index (χ2n) is 5.35. The topological polar surface area (TPSA) is 38.3 Å². The molecule has 0 fully saturated rings. The van der Waals surface area contributed by atoms with Gasteiger partial charge in [-0.2, -0.15) is 0 Å². The summed E-state index contributed by atoms with van der Waals surface area (Å²) in [7, 11) is 1.64. The van der Waals surface area contributed by atoms with Gasteiger partial charge < -0.3 is 10.1 Å². The van der Waals surface area contributed by atoms with E-state index in [-0.39, 0.29) is 11.9 Å². The lowest BCUT2D eigenvalue weighted by atomic mass is 9.96. The first kappa shape index (κ1) is 16.3. The summed E-state index contributed by atoms with van der Waals surface area (Å²) < 4.78 is 5.17. The molecule has 0 spiro atoms. The highest BCUT2D eigenvalue weighted by Gasteiger charge is 2.17. The van der Waals surface area contributed by atoms with Gasteiger partial charge in [0.25, 0.3) is 0 Å². The van der Waals surface area contributed by atoms with Gasteiger partial charge in [-0.3, -0.25) is 4.79 Å². The number of benzene rings is 1. The van der Waals surface area contributed by atoms with Crippen LogP contribution >= 0.6 is 11.3 Å². The summed E-state index contributed by atoms with van der Waals surface area (Å²) >= 11 is 1.61. The van der Waals surface area contributed by atoms with Crippen molar-refractivity contribution in [2.45, 2.75) is 19.9 Å². The van der Waals surface area contributed by atoms with E-state index in [1.165, 1.54) is 0 Å². The molecule has 1 aromatic heterocycles. The van der Waals surface area contributed by atoms with Gasteiger partial charge in [-0.1, -0.05) is 32.0 Å². The molecule has 22 heavy (non-hydrogen) atoms. The maximum absolute atomic E-state index is 12.1. The van der Waals surface area contributed by atoms with Gasteiger partial charge in [-0.15, -0.1) is 11.3 Å². The number of rotatable bonds is 6. The number of ether oxygens (including phenoxy) is 1. The van der Waals surface area contributed by atoms with Gasteiger partial charge in [0.2, 0.25) is 5.91 Å². The third-order valence-electron chi connectivity index (χ3n) is 3.38. The Kier molecular flexibility index (Phi) is 5.78. The number of hydrogen-bond donors (Lipinski definition) is 1. The molecule has 1 amide bonds. The van der Waals surface area contributed by atoms with Gasteiger partial charge >= 0.3 is 0 Å². The van der Waals surface area contributed by atoms with Crippen LogP contribution in [-0.4, -0.2) is 13.0 Å². The fourth-order valence-corrected chi connectivity index (χ4v) is 2.81. The Morgan fingerprint density at radius 3 is 2.50 bits per heavy atom. The first-order valence-corrected chi connectivity index (χ1v) is 8.14. The lowest BCUT2D eigenvalue weighted by Crippen LogP contribution is -2.30. The van der Waals surface area contributed by atoms with Crippen LogP contribution < -0.4 is 10.1 Å². The smallest absolute Gasteiger partial charge is 0.244 e. The molecule has 3 nitrogen and oxygen atoms in total. The maximum atomic E-state index is 12.1. The van der Waals surface area contributed by atoms with Crippen LogP contribution in [0.3, 0.4) is 0 Å². The average molecular weight is 315 g/mol. The Morgan fingerprint density at radius 1 is 1.23 bits per heavy atom. The lowest BCUT2D eigenvalue weighted by Gasteiger charge is -2.22. The number of hydrogen-bond acceptors (Lipinski definition) is 3. The third-order valence-corrected chi connectivity index (χ3v) is 4.22. The summed E-state index contributed by atoms with van der Waals surface area (Å²) in [6, 6.07) is 11.7. The molecule has 0 aliphatic carbocycles. The van der Waals surface area contributed by atoms with Gasteiger partial charge in [0.15, 0.2) is 0 Å². The van der Waals surface area contributed by atoms with E-state index in [0.717, 1.165) is 16.2 Å². The predicted octanol–water partition coefficient (Wildman–Crippen LogP) is 4.28. The highest BCUT2D eigenvalue weighted by Crippen LogP contribution is 2.24. The van der Waals surface area contributed by atoms with Crippen molar-refractivity contribution in [2.75, 3.05) is 7.11 Å². The molecule has 1 N–H and O–H groups in total. The van der Waals surface area contributed by atoms with E-state index in [0.29, 0.717) is 5.92 Å². The highest BCUT2D eigenvalue weighted by molar-refractivity contribution is 7.10. The quantitative estimate of drug-likeness (QED) is 0.808. The van der Waals surface area contributed by atoms with Crippen LogP contribution in [0.5, 0.6) is 5.75 Å². The minimum absolute atomic E-state index is 0.0219. The Hall–Kier alpha value is -2.07. The molecule has 0 unspecified atom stereocenters. The number of amides is 1. The van der Waals surface area contributed by atoms with Crippen molar-refractivity contribution in [3.05, 3.63) is 58.3 Å². The molecule has 2 aromatic rings. The van der Waals surface area contributed by atoms with Crippen LogP contribution in [0.1, 0.15) is 30.3 Å². The van der Waals surface area contributed by atoms with Crippen LogP contribution in [0.4, 0.5) is 0 Å². The number of thiophene rings is 1. The molecule has 4 heteroatoms. The van der Waals surface area contributed by atoms with E-state index in [4.69, 9.17) is 4.74 Å². The molecule has 116 valence electrons. The molecule has 1 heterocycles. The van der Waals surface area contributed by atoms with Crippen LogP contribution in [0.2, 0.25) is 0 Å². The van der Waals surface area contributed by atoms with Crippen molar-refractivity contribution >= 4 is 23.3 Å². The fraction of sp³-hybridized carbons (Fsp3) is 0.278. The summed E-state index contributed by atoms with van der Waals surface area (Å²) in [4.78, 5) is 13.2. The standard InChI is InChI=1S/C18H21NO2S/c1-13(2)18(14-6-8-15(21-3)9-7-14)19-17(20)11-10-16-5-4-12-22-16/h4-13,18H,1-3H3,(H,19,20)/b11-10+/t18-/m0/s1. The van der Waals surface area contributed by atoms with Gasteiger partial charge in [0, 0.05) is 11.0 Å². The largest absolute Gasteiger partial charge is 0.497 e. The molecule has 0 aliphatic rings. The molecule has 0 bridgehead atoms. The zero-order chi connectivity index (χ0) is 15.9. The van der Waals surface area contributed by atoms with E-state index in [2.05, 4.69) is 19.2 Å². The monoisotopic (exact) mass is 315 g/mol. The van der Waals surface area contributed by atoms with E-state index in [1.807, 2.05) is 47.9 Å². The maximum Gasteiger partial charge on any atom is 0.244 e. The predicted molar refractivity (Wildman–Crippen MR) is 92.1 cm³/mol. The molecular formula is C18H21NO2S. The van der Waals surface area contributed by atoms with Crippen LogP contribution in [0.15, 0.2) is 47.9 Å². The number of nitrogens with one attached hydrogen (secondary N) is 1. The van der Waals surface area contributed by atoms with E-state index in [9.17, 15) is 4.79 Å². The molecule has 2 rings (SSSR count). The summed E-state index contributed by atoms with van der Waals surface area (Å²) in [5.74, 6) is 1.03. The summed E-state index contributed by atoms with van der Waals surface area (Å²) in [6.45, 7) is 4.19. The Balaban J connectivity index is 2.06. The van der Waals surface area contributed by atoms with Crippen LogP contribution in [-0.2, 0) is 4.79 Å². The Labute approximate surface area is 135 Å². The molecule has 0 aliphatic heterocycles. The number of methoxy groups -OCH3 is 1. The van der Waals surface area contributed by atoms with Crippen molar-refractivity contribution in [3.63, 3.8) is 0 Å². The minimum Gasteiger partial charge on any atom is -0.497 e. The first-order valence-electron chi connectivity index (χ1n) is 7.26. The van der Waals surface area contributed by atoms with Gasteiger partial charge in [0.05, 0.1) is 13.2 Å². The van der Waals surface area contributed by atoms with Crippen LogP contribution in [0, 0.1) is 5.92 Å². The van der Waals surface area contributed by atoms with Crippen molar-refractivity contribution in [1.82, 2.24) is 5.32 Å². The summed E-state index contributed by atoms with van der Waals surface area (Å²) in [6.07, 6.45) is 3.43. The minimum atomic E-state index is -0.0806. The summed E-state index contributed by atoms with van der Waals surface area (Å²) in [5.41, 5.74) is 1.08. The second kappa shape index (κ2) is 7.80. The molecule has 0 radical (unpaired) electrons. The van der Waals surface area contributed by atoms with Crippen molar-refractivity contribution in [2.24, 2.45) is 5.92 Å². The zero-order valence-corrected chi connectivity index (χ0v) is 13.9. The molecular weight excluding hydrogens is 294 g/mol. The van der Waals surface area contributed by atoms with Gasteiger partial charge in [-0.05, 0) is 41.1 Å². The highest BCUT2D eigenvalue weighted by atomic mass is 32.1. The number of carbonyl (C=O) groups is 1. The SMILES string of the molecule is COc1ccc([C@@H](NC(=O)/C=C/c2cccs2)C(C)C)cc1. The lowest BCUT2D eigenvalue weighted by molar-refractivity contribution is -0.117. The number of carbonyl (C=O) groups excluding carboxylic acids is 1. The first-order chi connectivity index (χ1) is 10.6. The average Bonchev–Trinajstić information content (AvgIpc) is 3.04. The Morgan fingerprint density at radius 2 is 1.95 bits per heavy atom. The molecule has 0 saturated heterocycles. The third kappa shape index (κ3) is 4.46. The van der Waals surface area contributed by atoms with Crippen molar-refractivity contribution < 1.29 is 9.53 Å². The zero-order valence-electron chi connectivity index (χ0n) is 13.1. The Bertz CT molecular complexity index is 615. The van der Waals surface area contributed by atoms with E-state index >= 15 is 0 Å². The molecule has 1 atom stereocenters. The van der Waals surface area contributed by atoms with E-state index in [1.54, 1.807) is 24.5 Å². The van der Waals surface area contributed by atoms with Gasteiger partial charge in [-0.25, -0.2) is 0 Å². The van der Waals surface area contributed by atoms with Crippen molar-refractivity contribution in [1.29, 1.82) is 0 Å². The second-order valence-corrected chi connectivity index (χ2v) is 6.33. The molecule has 0 saturated carbocycles. The summed E-state index contributed by atoms with van der Waals surface area (Å²) in [5, 5.41) is 5.06. The fourth-order valence-electron chi connectivity index (χ4n) is 2.19. The van der Waals surface area contributed by atoms with E-state index < -0.39 is 0 Å².